The number of fused-ring (bicyclic) bond motifs is 1. The van der Waals surface area contributed by atoms with Crippen molar-refractivity contribution in [2.75, 3.05) is 25.6 Å². The van der Waals surface area contributed by atoms with Crippen molar-refractivity contribution in [1.29, 1.82) is 0 Å². The Morgan fingerprint density at radius 2 is 1.97 bits per heavy atom. The number of carbonyl (C=O) groups is 2. The fraction of sp³-hybridized carbons (Fsp3) is 0.296. The number of hydrogen-bond donors (Lipinski definition) is 2. The van der Waals surface area contributed by atoms with Gasteiger partial charge in [0.1, 0.15) is 17.3 Å². The smallest absolute Gasteiger partial charge is 0.320 e. The van der Waals surface area contributed by atoms with Gasteiger partial charge in [0.2, 0.25) is 5.91 Å². The van der Waals surface area contributed by atoms with Crippen LogP contribution in [0.5, 0.6) is 11.5 Å². The number of ether oxygens (including phenoxy) is 2. The van der Waals surface area contributed by atoms with E-state index in [1.807, 2.05) is 24.3 Å². The Morgan fingerprint density at radius 1 is 1.11 bits per heavy atom. The number of carbonyl (C=O) groups excluding carboxylic acids is 2. The third-order valence-corrected chi connectivity index (χ3v) is 7.12. The van der Waals surface area contributed by atoms with Gasteiger partial charge in [0.05, 0.1) is 33.6 Å². The second-order valence-corrected chi connectivity index (χ2v) is 10.0. The summed E-state index contributed by atoms with van der Waals surface area (Å²) in [6.07, 6.45) is 7.11. The summed E-state index contributed by atoms with van der Waals surface area (Å²) in [5.74, 6) is 1.65. The first kappa shape index (κ1) is 25.6. The van der Waals surface area contributed by atoms with Crippen molar-refractivity contribution in [3.05, 3.63) is 60.6 Å². The van der Waals surface area contributed by atoms with Crippen molar-refractivity contribution in [3.63, 3.8) is 0 Å². The highest BCUT2D eigenvalue weighted by Crippen LogP contribution is 2.38. The number of nitrogens with zero attached hydrogens (tertiary/aromatic N) is 4. The average molecular weight is 533 g/mol. The monoisotopic (exact) mass is 532 g/mol. The van der Waals surface area contributed by atoms with Gasteiger partial charge >= 0.3 is 6.03 Å². The maximum atomic E-state index is 11.9. The van der Waals surface area contributed by atoms with Crippen molar-refractivity contribution < 1.29 is 19.1 Å². The lowest BCUT2D eigenvalue weighted by atomic mass is 10.2. The van der Waals surface area contributed by atoms with Crippen LogP contribution < -0.4 is 15.4 Å². The van der Waals surface area contributed by atoms with Gasteiger partial charge in [-0.05, 0) is 42.7 Å². The van der Waals surface area contributed by atoms with E-state index in [1.54, 1.807) is 49.7 Å². The lowest BCUT2D eigenvalue weighted by molar-refractivity contribution is -0.130. The quantitative estimate of drug-likeness (QED) is 0.300. The van der Waals surface area contributed by atoms with Crippen LogP contribution in [0, 0.1) is 0 Å². The minimum Gasteiger partial charge on any atom is -0.454 e. The molecule has 0 aromatic carbocycles. The zero-order valence-corrected chi connectivity index (χ0v) is 22.0. The molecule has 4 aromatic heterocycles. The van der Waals surface area contributed by atoms with Gasteiger partial charge in [0.15, 0.2) is 0 Å². The molecule has 4 heterocycles. The summed E-state index contributed by atoms with van der Waals surface area (Å²) < 4.78 is 12.1. The molecule has 10 nitrogen and oxygen atoms in total. The van der Waals surface area contributed by atoms with E-state index in [-0.39, 0.29) is 18.0 Å². The number of pyridine rings is 3. The molecule has 0 spiro atoms. The zero-order chi connectivity index (χ0) is 26.5. The Morgan fingerprint density at radius 3 is 2.66 bits per heavy atom. The lowest BCUT2D eigenvalue weighted by Crippen LogP contribution is -2.31. The van der Waals surface area contributed by atoms with Crippen molar-refractivity contribution in [2.24, 2.45) is 0 Å². The van der Waals surface area contributed by atoms with Crippen LogP contribution in [0.1, 0.15) is 25.3 Å². The van der Waals surface area contributed by atoms with Gasteiger partial charge in [-0.1, -0.05) is 6.07 Å². The first-order valence-corrected chi connectivity index (χ1v) is 13.1. The summed E-state index contributed by atoms with van der Waals surface area (Å²) in [7, 11) is 1.62. The molecule has 4 aromatic rings. The van der Waals surface area contributed by atoms with E-state index in [0.29, 0.717) is 37.0 Å². The number of anilines is 1. The van der Waals surface area contributed by atoms with Crippen LogP contribution in [0.4, 0.5) is 10.6 Å². The SMILES string of the molecule is COCCN(Cc1ccc(-c2cc3nccc(Oc4ccc(NC(=O)NC5CC5)nc4)c3s2)nc1)C(C)=O. The zero-order valence-electron chi connectivity index (χ0n) is 21.1. The molecule has 0 atom stereocenters. The van der Waals surface area contributed by atoms with Crippen molar-refractivity contribution in [2.45, 2.75) is 32.4 Å². The molecule has 1 saturated carbocycles. The van der Waals surface area contributed by atoms with Crippen LogP contribution in [0.2, 0.25) is 0 Å². The Kier molecular flexibility index (Phi) is 7.75. The standard InChI is InChI=1S/C27H28N6O4S/c1-17(34)33(11-12-36-2)16-18-3-7-21(29-14-18)24-13-22-26(38-24)23(9-10-28-22)37-20-6-8-25(30-15-20)32-27(35)31-19-4-5-19/h3,6-10,13-15,19H,4-5,11-12,16H2,1-2H3,(H2,30,31,32,35). The van der Waals surface area contributed by atoms with Crippen LogP contribution in [0.15, 0.2) is 55.0 Å². The van der Waals surface area contributed by atoms with E-state index >= 15 is 0 Å². The number of amides is 3. The fourth-order valence-electron chi connectivity index (χ4n) is 3.76. The molecule has 1 fully saturated rings. The average Bonchev–Trinajstić information content (AvgIpc) is 3.61. The summed E-state index contributed by atoms with van der Waals surface area (Å²) in [5, 5.41) is 5.59. The van der Waals surface area contributed by atoms with Gasteiger partial charge in [0, 0.05) is 51.6 Å². The van der Waals surface area contributed by atoms with Gasteiger partial charge in [-0.15, -0.1) is 11.3 Å². The Balaban J connectivity index is 1.27. The van der Waals surface area contributed by atoms with E-state index in [9.17, 15) is 9.59 Å². The summed E-state index contributed by atoms with van der Waals surface area (Å²) >= 11 is 1.54. The van der Waals surface area contributed by atoms with Gasteiger partial charge in [-0.2, -0.15) is 0 Å². The van der Waals surface area contributed by atoms with Crippen molar-refractivity contribution in [3.8, 4) is 22.1 Å². The number of thiophene rings is 1. The Bertz CT molecular complexity index is 1420. The molecule has 5 rings (SSSR count). The van der Waals surface area contributed by atoms with Gasteiger partial charge < -0.3 is 19.7 Å². The summed E-state index contributed by atoms with van der Waals surface area (Å²) in [5.41, 5.74) is 2.56. The molecule has 1 aliphatic carbocycles. The minimum absolute atomic E-state index is 0.00517. The highest BCUT2D eigenvalue weighted by molar-refractivity contribution is 7.22. The van der Waals surface area contributed by atoms with Crippen LogP contribution in [-0.4, -0.2) is 58.1 Å². The molecule has 2 N–H and O–H groups in total. The first-order valence-electron chi connectivity index (χ1n) is 12.3. The second-order valence-electron chi connectivity index (χ2n) is 8.97. The second kappa shape index (κ2) is 11.5. The molecule has 0 saturated heterocycles. The summed E-state index contributed by atoms with van der Waals surface area (Å²) in [6, 6.07) is 11.2. The predicted octanol–water partition coefficient (Wildman–Crippen LogP) is 4.82. The van der Waals surface area contributed by atoms with Gasteiger partial charge in [-0.3, -0.25) is 20.1 Å². The number of hydrogen-bond acceptors (Lipinski definition) is 8. The molecule has 38 heavy (non-hydrogen) atoms. The molecule has 0 unspecified atom stereocenters. The lowest BCUT2D eigenvalue weighted by Gasteiger charge is -2.20. The topological polar surface area (TPSA) is 119 Å². The number of methoxy groups -OCH3 is 1. The molecular formula is C27H28N6O4S. The van der Waals surface area contributed by atoms with Crippen LogP contribution in [-0.2, 0) is 16.1 Å². The van der Waals surface area contributed by atoms with E-state index in [2.05, 4.69) is 25.6 Å². The van der Waals surface area contributed by atoms with Crippen molar-refractivity contribution >= 4 is 39.3 Å². The molecule has 0 bridgehead atoms. The molecule has 11 heteroatoms. The normalized spacial score (nSPS) is 12.8. The van der Waals surface area contributed by atoms with Crippen LogP contribution >= 0.6 is 11.3 Å². The highest BCUT2D eigenvalue weighted by Gasteiger charge is 2.23. The van der Waals surface area contributed by atoms with E-state index < -0.39 is 0 Å². The summed E-state index contributed by atoms with van der Waals surface area (Å²) in [4.78, 5) is 39.9. The maximum Gasteiger partial charge on any atom is 0.320 e. The number of nitrogens with one attached hydrogen (secondary N) is 2. The van der Waals surface area contributed by atoms with E-state index in [0.717, 1.165) is 39.2 Å². The number of aromatic nitrogens is 3. The molecule has 196 valence electrons. The molecule has 1 aliphatic rings. The minimum atomic E-state index is -0.250. The third kappa shape index (κ3) is 6.42. The maximum absolute atomic E-state index is 11.9. The molecule has 0 aliphatic heterocycles. The van der Waals surface area contributed by atoms with Crippen molar-refractivity contribution in [1.82, 2.24) is 25.2 Å². The third-order valence-electron chi connectivity index (χ3n) is 5.96. The van der Waals surface area contributed by atoms with Crippen LogP contribution in [0.25, 0.3) is 20.8 Å². The van der Waals surface area contributed by atoms with E-state index in [1.165, 1.54) is 11.3 Å². The molecular weight excluding hydrogens is 504 g/mol. The van der Waals surface area contributed by atoms with E-state index in [4.69, 9.17) is 9.47 Å². The first-order chi connectivity index (χ1) is 18.5. The molecule has 0 radical (unpaired) electrons. The highest BCUT2D eigenvalue weighted by atomic mass is 32.1. The Labute approximate surface area is 224 Å². The van der Waals surface area contributed by atoms with Gasteiger partial charge in [0.25, 0.3) is 0 Å². The predicted molar refractivity (Wildman–Crippen MR) is 145 cm³/mol. The number of rotatable bonds is 10. The largest absolute Gasteiger partial charge is 0.454 e. The van der Waals surface area contributed by atoms with Gasteiger partial charge in [-0.25, -0.2) is 9.78 Å². The van der Waals surface area contributed by atoms with Crippen LogP contribution in [0.3, 0.4) is 0 Å². The number of urea groups is 1. The fourth-order valence-corrected chi connectivity index (χ4v) is 4.80. The Hall–Kier alpha value is -4.09. The summed E-state index contributed by atoms with van der Waals surface area (Å²) in [6.45, 7) is 3.05. The molecule has 3 amide bonds.